The van der Waals surface area contributed by atoms with Gasteiger partial charge in [-0.15, -0.1) is 0 Å². The molecular formula is C15H23ClN4O2. The van der Waals surface area contributed by atoms with E-state index >= 15 is 0 Å². The topological polar surface area (TPSA) is 61.7 Å². The monoisotopic (exact) mass is 326 g/mol. The van der Waals surface area contributed by atoms with E-state index in [0.717, 1.165) is 44.0 Å². The van der Waals surface area contributed by atoms with Crippen LogP contribution < -0.4 is 5.32 Å². The first kappa shape index (κ1) is 17.0. The van der Waals surface area contributed by atoms with Crippen molar-refractivity contribution in [1.82, 2.24) is 9.80 Å². The Kier molecular flexibility index (Phi) is 5.61. The minimum Gasteiger partial charge on any atom is -0.380 e. The van der Waals surface area contributed by atoms with Gasteiger partial charge < -0.3 is 10.2 Å². The largest absolute Gasteiger partial charge is 0.380 e. The lowest BCUT2D eigenvalue weighted by Crippen LogP contribution is -2.47. The zero-order chi connectivity index (χ0) is 16.3. The summed E-state index contributed by atoms with van der Waals surface area (Å²) in [6.07, 6.45) is 0. The van der Waals surface area contributed by atoms with Gasteiger partial charge in [0.05, 0.1) is 15.6 Å². The minimum atomic E-state index is -0.420. The van der Waals surface area contributed by atoms with Crippen LogP contribution in [0, 0.1) is 17.0 Å². The number of benzene rings is 1. The third kappa shape index (κ3) is 4.32. The van der Waals surface area contributed by atoms with Gasteiger partial charge in [0.2, 0.25) is 0 Å². The average molecular weight is 327 g/mol. The molecule has 1 N–H and O–H groups in total. The van der Waals surface area contributed by atoms with Crippen molar-refractivity contribution < 1.29 is 4.92 Å². The van der Waals surface area contributed by atoms with E-state index in [4.69, 9.17) is 11.6 Å². The van der Waals surface area contributed by atoms with Crippen LogP contribution in [0.1, 0.15) is 12.5 Å². The Morgan fingerprint density at radius 3 is 2.55 bits per heavy atom. The normalized spacial score (nSPS) is 18.2. The van der Waals surface area contributed by atoms with Crippen LogP contribution in [-0.4, -0.2) is 60.5 Å². The highest BCUT2D eigenvalue weighted by atomic mass is 35.5. The van der Waals surface area contributed by atoms with E-state index in [0.29, 0.717) is 5.02 Å². The fraction of sp³-hybridized carbons (Fsp3) is 0.600. The second-order valence-corrected chi connectivity index (χ2v) is 6.43. The number of aryl methyl sites for hydroxylation is 1. The van der Waals surface area contributed by atoms with Crippen LogP contribution in [0.25, 0.3) is 0 Å². The number of hydrogen-bond acceptors (Lipinski definition) is 5. The Morgan fingerprint density at radius 1 is 1.36 bits per heavy atom. The molecule has 6 nitrogen and oxygen atoms in total. The summed E-state index contributed by atoms with van der Waals surface area (Å²) in [7, 11) is 2.14. The third-order valence-corrected chi connectivity index (χ3v) is 4.30. The SMILES string of the molecule is Cc1cc([N+](=O)[O-])cc(Cl)c1NC(C)CN1CCN(C)CC1. The van der Waals surface area contributed by atoms with Gasteiger partial charge >= 0.3 is 0 Å². The number of nitro groups is 1. The van der Waals surface area contributed by atoms with Gasteiger partial charge in [-0.25, -0.2) is 0 Å². The molecule has 2 rings (SSSR count). The lowest BCUT2D eigenvalue weighted by Gasteiger charge is -2.34. The molecule has 0 amide bonds. The molecule has 1 fully saturated rings. The van der Waals surface area contributed by atoms with Gasteiger partial charge in [0.15, 0.2) is 0 Å². The summed E-state index contributed by atoms with van der Waals surface area (Å²) in [5.41, 5.74) is 1.61. The summed E-state index contributed by atoms with van der Waals surface area (Å²) >= 11 is 6.20. The molecule has 0 bridgehead atoms. The van der Waals surface area contributed by atoms with E-state index in [1.54, 1.807) is 6.07 Å². The van der Waals surface area contributed by atoms with Crippen molar-refractivity contribution in [2.24, 2.45) is 0 Å². The lowest BCUT2D eigenvalue weighted by atomic mass is 10.1. The molecule has 1 aromatic rings. The van der Waals surface area contributed by atoms with Gasteiger partial charge in [-0.1, -0.05) is 11.6 Å². The zero-order valence-electron chi connectivity index (χ0n) is 13.3. The molecule has 0 aromatic heterocycles. The number of rotatable bonds is 5. The molecule has 1 atom stereocenters. The van der Waals surface area contributed by atoms with E-state index in [2.05, 4.69) is 29.1 Å². The minimum absolute atomic E-state index is 0.0276. The summed E-state index contributed by atoms with van der Waals surface area (Å²) < 4.78 is 0. The molecule has 1 aliphatic rings. The number of nitrogens with zero attached hydrogens (tertiary/aromatic N) is 3. The van der Waals surface area contributed by atoms with Crippen molar-refractivity contribution in [3.63, 3.8) is 0 Å². The van der Waals surface area contributed by atoms with Crippen LogP contribution in [0.4, 0.5) is 11.4 Å². The van der Waals surface area contributed by atoms with E-state index < -0.39 is 4.92 Å². The number of likely N-dealkylation sites (N-methyl/N-ethyl adjacent to an activating group) is 1. The lowest BCUT2D eigenvalue weighted by molar-refractivity contribution is -0.384. The Labute approximate surface area is 136 Å². The summed E-state index contributed by atoms with van der Waals surface area (Å²) in [5.74, 6) is 0. The van der Waals surface area contributed by atoms with Gasteiger partial charge in [-0.05, 0) is 26.5 Å². The Morgan fingerprint density at radius 2 is 2.00 bits per heavy atom. The summed E-state index contributed by atoms with van der Waals surface area (Å²) in [5, 5.41) is 14.6. The van der Waals surface area contributed by atoms with Crippen molar-refractivity contribution in [3.8, 4) is 0 Å². The maximum Gasteiger partial charge on any atom is 0.271 e. The van der Waals surface area contributed by atoms with Crippen LogP contribution in [0.15, 0.2) is 12.1 Å². The third-order valence-electron chi connectivity index (χ3n) is 4.00. The number of non-ortho nitro benzene ring substituents is 1. The van der Waals surface area contributed by atoms with Crippen molar-refractivity contribution in [3.05, 3.63) is 32.8 Å². The summed E-state index contributed by atoms with van der Waals surface area (Å²) in [6, 6.07) is 3.18. The standard InChI is InChI=1S/C15H23ClN4O2/c1-11-8-13(20(21)22)9-14(16)15(11)17-12(2)10-19-6-4-18(3)5-7-19/h8-9,12,17H,4-7,10H2,1-3H3. The fourth-order valence-corrected chi connectivity index (χ4v) is 3.04. The second kappa shape index (κ2) is 7.26. The molecule has 1 aromatic carbocycles. The van der Waals surface area contributed by atoms with Gasteiger partial charge in [-0.3, -0.25) is 15.0 Å². The van der Waals surface area contributed by atoms with Crippen molar-refractivity contribution >= 4 is 23.0 Å². The van der Waals surface area contributed by atoms with Crippen LogP contribution in [-0.2, 0) is 0 Å². The molecule has 0 radical (unpaired) electrons. The predicted molar refractivity (Wildman–Crippen MR) is 89.9 cm³/mol. The average Bonchev–Trinajstić information content (AvgIpc) is 2.45. The quantitative estimate of drug-likeness (QED) is 0.665. The Bertz CT molecular complexity index is 521. The highest BCUT2D eigenvalue weighted by Gasteiger charge is 2.18. The molecule has 0 spiro atoms. The first-order valence-electron chi connectivity index (χ1n) is 7.49. The van der Waals surface area contributed by atoms with Crippen molar-refractivity contribution in [2.75, 3.05) is 45.1 Å². The van der Waals surface area contributed by atoms with Gasteiger partial charge in [0.1, 0.15) is 0 Å². The smallest absolute Gasteiger partial charge is 0.271 e. The molecule has 22 heavy (non-hydrogen) atoms. The van der Waals surface area contributed by atoms with E-state index in [1.165, 1.54) is 6.07 Å². The highest BCUT2D eigenvalue weighted by Crippen LogP contribution is 2.31. The molecule has 0 saturated carbocycles. The molecule has 1 unspecified atom stereocenters. The number of halogens is 1. The first-order valence-corrected chi connectivity index (χ1v) is 7.86. The molecule has 1 aliphatic heterocycles. The van der Waals surface area contributed by atoms with E-state index in [9.17, 15) is 10.1 Å². The Hall–Kier alpha value is -1.37. The number of piperazine rings is 1. The van der Waals surface area contributed by atoms with Gasteiger partial charge in [0, 0.05) is 50.9 Å². The predicted octanol–water partition coefficient (Wildman–Crippen LogP) is 2.60. The van der Waals surface area contributed by atoms with Crippen molar-refractivity contribution in [1.29, 1.82) is 0 Å². The molecule has 122 valence electrons. The van der Waals surface area contributed by atoms with Crippen LogP contribution in [0.5, 0.6) is 0 Å². The molecule has 1 heterocycles. The van der Waals surface area contributed by atoms with E-state index in [1.807, 2.05) is 6.92 Å². The number of hydrogen-bond donors (Lipinski definition) is 1. The zero-order valence-corrected chi connectivity index (χ0v) is 14.1. The molecule has 7 heteroatoms. The first-order chi connectivity index (χ1) is 10.4. The van der Waals surface area contributed by atoms with Crippen LogP contribution >= 0.6 is 11.6 Å². The number of nitro benzene ring substituents is 1. The van der Waals surface area contributed by atoms with Crippen molar-refractivity contribution in [2.45, 2.75) is 19.9 Å². The van der Waals surface area contributed by atoms with Gasteiger partial charge in [0.25, 0.3) is 5.69 Å². The maximum atomic E-state index is 10.8. The fourth-order valence-electron chi connectivity index (χ4n) is 2.72. The summed E-state index contributed by atoms with van der Waals surface area (Å²) in [6.45, 7) is 9.18. The van der Waals surface area contributed by atoms with Crippen LogP contribution in [0.3, 0.4) is 0 Å². The Balaban J connectivity index is 1.99. The number of nitrogens with one attached hydrogen (secondary N) is 1. The molecule has 0 aliphatic carbocycles. The van der Waals surface area contributed by atoms with Crippen LogP contribution in [0.2, 0.25) is 5.02 Å². The van der Waals surface area contributed by atoms with E-state index in [-0.39, 0.29) is 11.7 Å². The van der Waals surface area contributed by atoms with Gasteiger partial charge in [-0.2, -0.15) is 0 Å². The second-order valence-electron chi connectivity index (χ2n) is 6.03. The maximum absolute atomic E-state index is 10.8. The highest BCUT2D eigenvalue weighted by molar-refractivity contribution is 6.33. The number of anilines is 1. The molecule has 1 saturated heterocycles. The summed E-state index contributed by atoms with van der Waals surface area (Å²) in [4.78, 5) is 15.2. The molecular weight excluding hydrogens is 304 g/mol.